The number of unbranched alkanes of at least 4 members (excludes halogenated alkanes) is 1. The summed E-state index contributed by atoms with van der Waals surface area (Å²) in [5, 5.41) is 0. The largest absolute Gasteiger partial charge is 0.462 e. The molecule has 1 aromatic carbocycles. The van der Waals surface area contributed by atoms with Crippen LogP contribution < -0.4 is 0 Å². The maximum atomic E-state index is 13.6. The Bertz CT molecular complexity index is 843. The molecule has 0 radical (unpaired) electrons. The van der Waals surface area contributed by atoms with E-state index >= 15 is 0 Å². The summed E-state index contributed by atoms with van der Waals surface area (Å²) >= 11 is 0. The fourth-order valence-corrected chi connectivity index (χ4v) is 3.06. The molecule has 0 spiro atoms. The number of ether oxygens (including phenoxy) is 2. The van der Waals surface area contributed by atoms with Crippen LogP contribution >= 0.6 is 0 Å². The maximum absolute atomic E-state index is 13.6. The molecule has 4 nitrogen and oxygen atoms in total. The van der Waals surface area contributed by atoms with Gasteiger partial charge in [0.25, 0.3) is 0 Å². The first kappa shape index (κ1) is 22.9. The van der Waals surface area contributed by atoms with Gasteiger partial charge in [0, 0.05) is 24.4 Å². The molecule has 2 rings (SSSR count). The van der Waals surface area contributed by atoms with Crippen LogP contribution in [0, 0.1) is 12.7 Å². The highest BCUT2D eigenvalue weighted by atomic mass is 19.4. The van der Waals surface area contributed by atoms with E-state index in [-0.39, 0.29) is 24.5 Å². The molecule has 0 bridgehead atoms. The monoisotopic (exact) mass is 415 g/mol. The molecule has 1 heterocycles. The summed E-state index contributed by atoms with van der Waals surface area (Å²) in [6.45, 7) is 6.19. The molecule has 0 fully saturated rings. The molecular formula is C21H25F4NO3. The fourth-order valence-electron chi connectivity index (χ4n) is 3.06. The molecule has 0 saturated carbocycles. The van der Waals surface area contributed by atoms with Crippen molar-refractivity contribution in [3.05, 3.63) is 52.6 Å². The van der Waals surface area contributed by atoms with Gasteiger partial charge in [-0.2, -0.15) is 13.2 Å². The third kappa shape index (κ3) is 5.59. The van der Waals surface area contributed by atoms with Crippen molar-refractivity contribution in [1.82, 2.24) is 4.57 Å². The first-order valence-electron chi connectivity index (χ1n) is 9.53. The quantitative estimate of drug-likeness (QED) is 0.309. The number of esters is 1. The van der Waals surface area contributed by atoms with Gasteiger partial charge in [0.1, 0.15) is 5.82 Å². The molecule has 0 atom stereocenters. The van der Waals surface area contributed by atoms with Gasteiger partial charge in [-0.15, -0.1) is 0 Å². The topological polar surface area (TPSA) is 40.5 Å². The van der Waals surface area contributed by atoms with Gasteiger partial charge in [0.05, 0.1) is 30.0 Å². The van der Waals surface area contributed by atoms with Crippen molar-refractivity contribution < 1.29 is 31.8 Å². The Morgan fingerprint density at radius 1 is 1.14 bits per heavy atom. The minimum absolute atomic E-state index is 0.142. The second-order valence-corrected chi connectivity index (χ2v) is 6.57. The number of hydrogen-bond donors (Lipinski definition) is 0. The van der Waals surface area contributed by atoms with Gasteiger partial charge in [0.15, 0.2) is 0 Å². The summed E-state index contributed by atoms with van der Waals surface area (Å²) in [6, 6.07) is 4.01. The van der Waals surface area contributed by atoms with Crippen LogP contribution in [0.2, 0.25) is 0 Å². The van der Waals surface area contributed by atoms with Crippen LogP contribution in [-0.4, -0.2) is 30.4 Å². The van der Waals surface area contributed by atoms with Crippen molar-refractivity contribution in [3.63, 3.8) is 0 Å². The van der Waals surface area contributed by atoms with Crippen molar-refractivity contribution in [1.29, 1.82) is 0 Å². The summed E-state index contributed by atoms with van der Waals surface area (Å²) < 4.78 is 66.1. The van der Waals surface area contributed by atoms with E-state index in [4.69, 9.17) is 9.47 Å². The molecule has 2 aromatic rings. The van der Waals surface area contributed by atoms with Crippen LogP contribution in [0.1, 0.15) is 54.0 Å². The Morgan fingerprint density at radius 2 is 1.86 bits per heavy atom. The van der Waals surface area contributed by atoms with Crippen molar-refractivity contribution >= 4 is 5.97 Å². The number of alkyl halides is 3. The lowest BCUT2D eigenvalue weighted by Gasteiger charge is -2.18. The number of carbonyl (C=O) groups is 1. The summed E-state index contributed by atoms with van der Waals surface area (Å²) in [5.41, 5.74) is -0.425. The van der Waals surface area contributed by atoms with Crippen LogP contribution in [0.4, 0.5) is 17.6 Å². The lowest BCUT2D eigenvalue weighted by molar-refractivity contribution is -0.137. The third-order valence-corrected chi connectivity index (χ3v) is 4.47. The third-order valence-electron chi connectivity index (χ3n) is 4.47. The summed E-state index contributed by atoms with van der Waals surface area (Å²) in [6.07, 6.45) is -2.62. The Kier molecular flexibility index (Phi) is 7.84. The van der Waals surface area contributed by atoms with E-state index in [2.05, 4.69) is 0 Å². The molecule has 1 aromatic heterocycles. The van der Waals surface area contributed by atoms with Gasteiger partial charge in [0.2, 0.25) is 0 Å². The number of benzene rings is 1. The van der Waals surface area contributed by atoms with Gasteiger partial charge in [-0.25, -0.2) is 9.18 Å². The Hall–Kier alpha value is -2.35. The minimum Gasteiger partial charge on any atom is -0.462 e. The number of carbonyl (C=O) groups excluding carboxylic acids is 1. The summed E-state index contributed by atoms with van der Waals surface area (Å²) in [4.78, 5) is 12.3. The smallest absolute Gasteiger partial charge is 0.418 e. The molecule has 0 N–H and O–H groups in total. The van der Waals surface area contributed by atoms with Crippen molar-refractivity contribution in [2.45, 2.75) is 46.2 Å². The zero-order valence-corrected chi connectivity index (χ0v) is 16.7. The van der Waals surface area contributed by atoms with Gasteiger partial charge < -0.3 is 14.0 Å². The molecule has 0 aliphatic carbocycles. The van der Waals surface area contributed by atoms with Crippen LogP contribution in [0.5, 0.6) is 0 Å². The molecule has 0 saturated heterocycles. The van der Waals surface area contributed by atoms with Crippen molar-refractivity contribution in [2.75, 3.05) is 19.8 Å². The average molecular weight is 415 g/mol. The van der Waals surface area contributed by atoms with E-state index in [1.54, 1.807) is 6.92 Å². The van der Waals surface area contributed by atoms with E-state index < -0.39 is 23.5 Å². The molecule has 29 heavy (non-hydrogen) atoms. The molecule has 0 amide bonds. The Balaban J connectivity index is 2.53. The van der Waals surface area contributed by atoms with Gasteiger partial charge in [-0.05, 0) is 44.5 Å². The van der Waals surface area contributed by atoms with Gasteiger partial charge in [-0.3, -0.25) is 0 Å². The van der Waals surface area contributed by atoms with Crippen LogP contribution in [0.15, 0.2) is 24.3 Å². The zero-order valence-electron chi connectivity index (χ0n) is 16.7. The molecule has 0 unspecified atom stereocenters. The molecule has 0 aliphatic rings. The fraction of sp³-hybridized carbons (Fsp3) is 0.476. The van der Waals surface area contributed by atoms with Gasteiger partial charge >= 0.3 is 12.1 Å². The van der Waals surface area contributed by atoms with Crippen molar-refractivity contribution in [3.8, 4) is 5.69 Å². The zero-order chi connectivity index (χ0) is 21.6. The lowest BCUT2D eigenvalue weighted by Crippen LogP contribution is -2.15. The minimum atomic E-state index is -4.76. The standard InChI is InChI=1S/C21H25F4NO3/c1-4-6-10-28-11-9-16-13-17(20(27)29-5-2)14(3)26(16)19-8-7-15(22)12-18(19)21(23,24)25/h7-8,12-13H,4-6,9-11H2,1-3H3. The lowest BCUT2D eigenvalue weighted by atomic mass is 10.1. The van der Waals surface area contributed by atoms with E-state index in [9.17, 15) is 22.4 Å². The predicted molar refractivity (Wildman–Crippen MR) is 101 cm³/mol. The summed E-state index contributed by atoms with van der Waals surface area (Å²) in [5.74, 6) is -1.60. The number of aromatic nitrogens is 1. The first-order valence-corrected chi connectivity index (χ1v) is 9.53. The van der Waals surface area contributed by atoms with Gasteiger partial charge in [-0.1, -0.05) is 13.3 Å². The first-order chi connectivity index (χ1) is 13.7. The number of hydrogen-bond acceptors (Lipinski definition) is 3. The second-order valence-electron chi connectivity index (χ2n) is 6.57. The van der Waals surface area contributed by atoms with Crippen molar-refractivity contribution in [2.24, 2.45) is 0 Å². The maximum Gasteiger partial charge on any atom is 0.418 e. The SMILES string of the molecule is CCCCOCCc1cc(C(=O)OCC)c(C)n1-c1ccc(F)cc1C(F)(F)F. The normalized spacial score (nSPS) is 11.7. The van der Waals surface area contributed by atoms with E-state index in [1.807, 2.05) is 6.92 Å². The molecular weight excluding hydrogens is 390 g/mol. The summed E-state index contributed by atoms with van der Waals surface area (Å²) in [7, 11) is 0. The number of rotatable bonds is 9. The number of nitrogens with zero attached hydrogens (tertiary/aromatic N) is 1. The van der Waals surface area contributed by atoms with E-state index in [1.165, 1.54) is 17.6 Å². The second kappa shape index (κ2) is 9.91. The Morgan fingerprint density at radius 3 is 2.48 bits per heavy atom. The highest BCUT2D eigenvalue weighted by Gasteiger charge is 2.35. The molecule has 160 valence electrons. The van der Waals surface area contributed by atoms with Crippen LogP contribution in [0.25, 0.3) is 5.69 Å². The van der Waals surface area contributed by atoms with Crippen LogP contribution in [-0.2, 0) is 22.1 Å². The highest BCUT2D eigenvalue weighted by molar-refractivity contribution is 5.91. The average Bonchev–Trinajstić information content (AvgIpc) is 2.97. The Labute approximate surface area is 167 Å². The molecule has 8 heteroatoms. The number of halogens is 4. The highest BCUT2D eigenvalue weighted by Crippen LogP contribution is 2.36. The van der Waals surface area contributed by atoms with Crippen LogP contribution in [0.3, 0.4) is 0 Å². The van der Waals surface area contributed by atoms with E-state index in [0.717, 1.165) is 25.0 Å². The predicted octanol–water partition coefficient (Wildman–Crippen LogP) is 5.48. The molecule has 0 aliphatic heterocycles. The van der Waals surface area contributed by atoms with E-state index in [0.29, 0.717) is 30.5 Å².